The predicted molar refractivity (Wildman–Crippen MR) is 260 cm³/mol. The van der Waals surface area contributed by atoms with E-state index in [4.69, 9.17) is 0 Å². The lowest BCUT2D eigenvalue weighted by atomic mass is 10.0. The molecule has 0 unspecified atom stereocenters. The average molecular weight is 789 g/mol. The molecule has 0 bridgehead atoms. The minimum Gasteiger partial charge on any atom is -0.309 e. The van der Waals surface area contributed by atoms with E-state index in [-0.39, 0.29) is 0 Å². The van der Waals surface area contributed by atoms with Crippen molar-refractivity contribution in [2.24, 2.45) is 0 Å². The summed E-state index contributed by atoms with van der Waals surface area (Å²) < 4.78 is 4.91. The molecule has 0 radical (unpaired) electrons. The number of nitrogens with zero attached hydrogens (tertiary/aromatic N) is 2. The van der Waals surface area contributed by atoms with Gasteiger partial charge in [0.15, 0.2) is 8.07 Å². The molecule has 61 heavy (non-hydrogen) atoms. The van der Waals surface area contributed by atoms with Crippen molar-refractivity contribution in [3.63, 3.8) is 0 Å². The molecule has 10 aromatic carbocycles. The number of fused-ring (bicyclic) bond motifs is 17. The smallest absolute Gasteiger partial charge is 0.182 e. The third-order valence-electron chi connectivity index (χ3n) is 13.9. The van der Waals surface area contributed by atoms with Crippen LogP contribution < -0.4 is 20.7 Å². The molecule has 0 saturated heterocycles. The molecule has 0 saturated carbocycles. The van der Waals surface area contributed by atoms with Crippen LogP contribution in [0.2, 0.25) is 0 Å². The van der Waals surface area contributed by atoms with Crippen LogP contribution in [0, 0.1) is 0 Å². The van der Waals surface area contributed by atoms with E-state index in [1.807, 2.05) is 0 Å². The summed E-state index contributed by atoms with van der Waals surface area (Å²) in [7, 11) is -2.52. The van der Waals surface area contributed by atoms with Gasteiger partial charge in [-0.2, -0.15) is 0 Å². The van der Waals surface area contributed by atoms with Crippen LogP contribution >= 0.6 is 0 Å². The molecule has 3 heteroatoms. The van der Waals surface area contributed by atoms with Gasteiger partial charge >= 0.3 is 0 Å². The first kappa shape index (κ1) is 33.1. The van der Waals surface area contributed by atoms with E-state index in [0.717, 1.165) is 5.69 Å². The van der Waals surface area contributed by atoms with Crippen LogP contribution in [0.15, 0.2) is 218 Å². The Morgan fingerprint density at radius 1 is 0.262 bits per heavy atom. The van der Waals surface area contributed by atoms with Crippen molar-refractivity contribution < 1.29 is 0 Å². The Hall–Kier alpha value is -7.72. The molecule has 0 aliphatic carbocycles. The van der Waals surface area contributed by atoms with E-state index in [9.17, 15) is 0 Å². The van der Waals surface area contributed by atoms with Crippen molar-refractivity contribution >= 4 is 83.2 Å². The van der Waals surface area contributed by atoms with Crippen molar-refractivity contribution in [3.05, 3.63) is 218 Å². The van der Waals surface area contributed by atoms with Gasteiger partial charge < -0.3 is 9.13 Å². The van der Waals surface area contributed by atoms with Gasteiger partial charge in [0, 0.05) is 32.9 Å². The summed E-state index contributed by atoms with van der Waals surface area (Å²) in [5, 5.41) is 13.6. The molecular weight excluding hydrogens is 753 g/mol. The first-order valence-corrected chi connectivity index (χ1v) is 23.3. The molecule has 2 aromatic heterocycles. The highest BCUT2D eigenvalue weighted by Crippen LogP contribution is 2.41. The van der Waals surface area contributed by atoms with Crippen LogP contribution in [0.4, 0.5) is 0 Å². The summed E-state index contributed by atoms with van der Waals surface area (Å²) in [6.45, 7) is 0. The lowest BCUT2D eigenvalue weighted by Gasteiger charge is -2.28. The highest BCUT2D eigenvalue weighted by Gasteiger charge is 2.53. The quantitative estimate of drug-likeness (QED) is 0.158. The Morgan fingerprint density at radius 2 is 0.738 bits per heavy atom. The van der Waals surface area contributed by atoms with Gasteiger partial charge in [-0.3, -0.25) is 0 Å². The second kappa shape index (κ2) is 12.2. The zero-order valence-electron chi connectivity index (χ0n) is 33.2. The van der Waals surface area contributed by atoms with Gasteiger partial charge in [0.1, 0.15) is 0 Å². The predicted octanol–water partition coefficient (Wildman–Crippen LogP) is 12.0. The molecule has 282 valence electrons. The maximum Gasteiger partial charge on any atom is 0.182 e. The number of aromatic nitrogens is 2. The van der Waals surface area contributed by atoms with Crippen LogP contribution in [0.3, 0.4) is 0 Å². The fraction of sp³-hybridized carbons (Fsp3) is 0. The average Bonchev–Trinajstić information content (AvgIpc) is 4.02. The molecule has 4 heterocycles. The molecule has 0 atom stereocenters. The van der Waals surface area contributed by atoms with Crippen LogP contribution in [0.25, 0.3) is 99.1 Å². The van der Waals surface area contributed by atoms with Crippen molar-refractivity contribution in [2.75, 3.05) is 0 Å². The highest BCUT2D eigenvalue weighted by molar-refractivity contribution is 7.24. The zero-order valence-corrected chi connectivity index (χ0v) is 34.2. The first-order valence-electron chi connectivity index (χ1n) is 21.3. The van der Waals surface area contributed by atoms with Gasteiger partial charge in [0.2, 0.25) is 0 Å². The van der Waals surface area contributed by atoms with Crippen LogP contribution in [0.5, 0.6) is 0 Å². The molecular formula is C58H36N2Si. The summed E-state index contributed by atoms with van der Waals surface area (Å²) in [6, 6.07) is 82.2. The first-order chi connectivity index (χ1) is 30.3. The van der Waals surface area contributed by atoms with E-state index in [1.54, 1.807) is 0 Å². The molecule has 12 aromatic rings. The standard InChI is InChI=1S/C58H36N2Si/c1-2-14-39-33-42(31-27-37(39)13-1)60-52-21-9-4-16-44(52)50-35-49-43-15-3-8-20-51(43)59(53(49)36-54(50)60)41-29-25-38(26-30-41)40-28-32-48-47-19-7-12-24-57(47)61(58(48)34-40)55-22-10-5-17-45(55)46-18-6-11-23-56(46)61/h1-36H. The van der Waals surface area contributed by atoms with Crippen LogP contribution in [-0.2, 0) is 0 Å². The molecule has 2 aliphatic heterocycles. The minimum atomic E-state index is -2.52. The van der Waals surface area contributed by atoms with Crippen LogP contribution in [-0.4, -0.2) is 17.2 Å². The Balaban J connectivity index is 0.950. The zero-order chi connectivity index (χ0) is 39.8. The van der Waals surface area contributed by atoms with E-state index < -0.39 is 8.07 Å². The van der Waals surface area contributed by atoms with Crippen molar-refractivity contribution in [1.82, 2.24) is 9.13 Å². The largest absolute Gasteiger partial charge is 0.309 e. The number of benzene rings is 10. The Labute approximate surface area is 353 Å². The second-order valence-electron chi connectivity index (χ2n) is 16.8. The Morgan fingerprint density at radius 3 is 1.36 bits per heavy atom. The van der Waals surface area contributed by atoms with E-state index in [1.165, 1.54) is 114 Å². The van der Waals surface area contributed by atoms with Crippen molar-refractivity contribution in [1.29, 1.82) is 0 Å². The molecule has 0 N–H and O–H groups in total. The summed E-state index contributed by atoms with van der Waals surface area (Å²) in [5.74, 6) is 0. The van der Waals surface area contributed by atoms with Gasteiger partial charge in [0.05, 0.1) is 22.1 Å². The third-order valence-corrected chi connectivity index (χ3v) is 18.9. The summed E-state index contributed by atoms with van der Waals surface area (Å²) in [5.41, 5.74) is 15.2. The summed E-state index contributed by atoms with van der Waals surface area (Å²) in [4.78, 5) is 0. The lowest BCUT2D eigenvalue weighted by molar-refractivity contribution is 1.17. The van der Waals surface area contributed by atoms with Gasteiger partial charge in [-0.25, -0.2) is 0 Å². The molecule has 14 rings (SSSR count). The SMILES string of the molecule is c1ccc2c(c1)-c1ccccc1[Si]21c2ccccc2-c2ccc(-c3ccc(-n4c5ccccc5c5cc6c7ccccc7n(-c7ccc8ccccc8c7)c6cc54)cc3)cc21. The maximum absolute atomic E-state index is 2.54. The van der Waals surface area contributed by atoms with Gasteiger partial charge in [-0.1, -0.05) is 170 Å². The molecule has 1 spiro atoms. The Kier molecular flexibility index (Phi) is 6.61. The van der Waals surface area contributed by atoms with E-state index >= 15 is 0 Å². The topological polar surface area (TPSA) is 9.86 Å². The van der Waals surface area contributed by atoms with Gasteiger partial charge in [0.25, 0.3) is 0 Å². The van der Waals surface area contributed by atoms with Crippen molar-refractivity contribution in [2.45, 2.75) is 0 Å². The maximum atomic E-state index is 2.54. The van der Waals surface area contributed by atoms with E-state index in [0.29, 0.717) is 0 Å². The fourth-order valence-corrected chi connectivity index (χ4v) is 17.0. The summed E-state index contributed by atoms with van der Waals surface area (Å²) in [6.07, 6.45) is 0. The second-order valence-corrected chi connectivity index (χ2v) is 20.5. The van der Waals surface area contributed by atoms with Crippen molar-refractivity contribution in [3.8, 4) is 44.8 Å². The van der Waals surface area contributed by atoms with E-state index in [2.05, 4.69) is 228 Å². The molecule has 2 aliphatic rings. The monoisotopic (exact) mass is 788 g/mol. The molecule has 0 amide bonds. The van der Waals surface area contributed by atoms with Gasteiger partial charge in [-0.05, 0) is 113 Å². The fourth-order valence-electron chi connectivity index (χ4n) is 11.4. The third kappa shape index (κ3) is 4.35. The number of hydrogen-bond donors (Lipinski definition) is 0. The number of para-hydroxylation sites is 2. The molecule has 0 fully saturated rings. The summed E-state index contributed by atoms with van der Waals surface area (Å²) >= 11 is 0. The Bertz CT molecular complexity index is 3760. The normalized spacial score (nSPS) is 13.4. The van der Waals surface area contributed by atoms with Crippen LogP contribution in [0.1, 0.15) is 0 Å². The number of hydrogen-bond acceptors (Lipinski definition) is 0. The van der Waals surface area contributed by atoms with Gasteiger partial charge in [-0.15, -0.1) is 0 Å². The highest BCUT2D eigenvalue weighted by atomic mass is 28.3. The minimum absolute atomic E-state index is 1.15. The molecule has 2 nitrogen and oxygen atoms in total. The lowest BCUT2D eigenvalue weighted by Crippen LogP contribution is -2.70. The number of rotatable bonds is 3.